The molecule has 0 aliphatic carbocycles. The largest absolute Gasteiger partial charge is 0.367 e. The van der Waals surface area contributed by atoms with Crippen molar-refractivity contribution in [3.8, 4) is 0 Å². The SMILES string of the molecule is CSc1ccc(C(Nc2ccccc2Cl)P(=O)(OC(C)C)OC(C)C)cc1. The lowest BCUT2D eigenvalue weighted by Gasteiger charge is -2.31. The van der Waals surface area contributed by atoms with Crippen LogP contribution < -0.4 is 5.32 Å². The normalized spacial score (nSPS) is 13.2. The molecular weight excluding hydrogens is 401 g/mol. The van der Waals surface area contributed by atoms with Gasteiger partial charge in [0, 0.05) is 4.90 Å². The maximum absolute atomic E-state index is 13.8. The van der Waals surface area contributed by atoms with Crippen molar-refractivity contribution in [3.63, 3.8) is 0 Å². The molecule has 0 radical (unpaired) electrons. The van der Waals surface area contributed by atoms with Gasteiger partial charge in [-0.15, -0.1) is 11.8 Å². The van der Waals surface area contributed by atoms with E-state index in [0.717, 1.165) is 10.5 Å². The van der Waals surface area contributed by atoms with E-state index >= 15 is 0 Å². The predicted molar refractivity (Wildman–Crippen MR) is 116 cm³/mol. The first-order valence-electron chi connectivity index (χ1n) is 8.86. The van der Waals surface area contributed by atoms with E-state index in [9.17, 15) is 4.57 Å². The van der Waals surface area contributed by atoms with Crippen LogP contribution in [0.2, 0.25) is 5.02 Å². The number of para-hydroxylation sites is 1. The summed E-state index contributed by atoms with van der Waals surface area (Å²) in [7, 11) is -3.55. The molecule has 2 aromatic rings. The van der Waals surface area contributed by atoms with Gasteiger partial charge in [0.2, 0.25) is 0 Å². The minimum Gasteiger partial charge on any atom is -0.367 e. The van der Waals surface area contributed by atoms with Crippen molar-refractivity contribution in [2.45, 2.75) is 50.6 Å². The van der Waals surface area contributed by atoms with Gasteiger partial charge in [-0.25, -0.2) is 0 Å². The van der Waals surface area contributed by atoms with Crippen molar-refractivity contribution in [2.24, 2.45) is 0 Å². The summed E-state index contributed by atoms with van der Waals surface area (Å²) in [5.41, 5.74) is 1.50. The average molecular weight is 428 g/mol. The van der Waals surface area contributed by atoms with E-state index in [1.54, 1.807) is 17.8 Å². The van der Waals surface area contributed by atoms with E-state index in [1.165, 1.54) is 0 Å². The van der Waals surface area contributed by atoms with Crippen LogP contribution in [0.4, 0.5) is 5.69 Å². The van der Waals surface area contributed by atoms with Crippen LogP contribution in [0, 0.1) is 0 Å². The molecule has 27 heavy (non-hydrogen) atoms. The van der Waals surface area contributed by atoms with E-state index in [4.69, 9.17) is 20.6 Å². The highest BCUT2D eigenvalue weighted by Gasteiger charge is 2.39. The molecule has 148 valence electrons. The second-order valence-electron chi connectivity index (χ2n) is 6.65. The smallest absolute Gasteiger partial charge is 0.357 e. The van der Waals surface area contributed by atoms with Crippen LogP contribution in [0.1, 0.15) is 39.0 Å². The van der Waals surface area contributed by atoms with Crippen LogP contribution in [0.5, 0.6) is 0 Å². The van der Waals surface area contributed by atoms with Crippen molar-refractivity contribution in [3.05, 3.63) is 59.1 Å². The maximum Gasteiger partial charge on any atom is 0.357 e. The molecular formula is C20H27ClNO3PS. The van der Waals surface area contributed by atoms with E-state index in [0.29, 0.717) is 10.7 Å². The Morgan fingerprint density at radius 3 is 2.00 bits per heavy atom. The molecule has 0 saturated carbocycles. The third-order valence-electron chi connectivity index (χ3n) is 3.63. The van der Waals surface area contributed by atoms with Gasteiger partial charge in [0.1, 0.15) is 0 Å². The topological polar surface area (TPSA) is 47.6 Å². The van der Waals surface area contributed by atoms with Crippen LogP contribution in [-0.2, 0) is 13.6 Å². The van der Waals surface area contributed by atoms with Gasteiger partial charge >= 0.3 is 7.60 Å². The fraction of sp³-hybridized carbons (Fsp3) is 0.400. The Hall–Kier alpha value is -0.970. The van der Waals surface area contributed by atoms with E-state index in [-0.39, 0.29) is 12.2 Å². The monoisotopic (exact) mass is 427 g/mol. The van der Waals surface area contributed by atoms with Crippen LogP contribution in [-0.4, -0.2) is 18.5 Å². The Morgan fingerprint density at radius 1 is 0.963 bits per heavy atom. The molecule has 0 bridgehead atoms. The first kappa shape index (κ1) is 22.3. The standard InChI is InChI=1S/C20H27ClNO3PS/c1-14(2)24-26(23,25-15(3)4)20(16-10-12-17(27-5)13-11-16)22-19-9-7-6-8-18(19)21/h6-15,20,22H,1-5H3. The van der Waals surface area contributed by atoms with Crippen LogP contribution >= 0.6 is 31.0 Å². The molecule has 0 spiro atoms. The quantitative estimate of drug-likeness (QED) is 0.338. The van der Waals surface area contributed by atoms with Crippen molar-refractivity contribution in [1.29, 1.82) is 0 Å². The maximum atomic E-state index is 13.8. The van der Waals surface area contributed by atoms with Gasteiger partial charge in [-0.2, -0.15) is 0 Å². The lowest BCUT2D eigenvalue weighted by Crippen LogP contribution is -2.19. The van der Waals surface area contributed by atoms with Gasteiger partial charge in [-0.3, -0.25) is 4.57 Å². The Balaban J connectivity index is 2.51. The van der Waals surface area contributed by atoms with E-state index in [2.05, 4.69) is 5.32 Å². The van der Waals surface area contributed by atoms with E-state index in [1.807, 2.05) is 76.4 Å². The Bertz CT molecular complexity index is 769. The predicted octanol–water partition coefficient (Wildman–Crippen LogP) is 7.22. The number of halogens is 1. The summed E-state index contributed by atoms with van der Waals surface area (Å²) in [5, 5.41) is 3.85. The zero-order valence-corrected chi connectivity index (χ0v) is 18.8. The fourth-order valence-corrected chi connectivity index (χ4v) is 5.49. The Kier molecular flexibility index (Phi) is 8.26. The minimum atomic E-state index is -3.55. The highest BCUT2D eigenvalue weighted by atomic mass is 35.5. The molecule has 0 aliphatic heterocycles. The molecule has 0 aromatic heterocycles. The van der Waals surface area contributed by atoms with Gasteiger partial charge in [-0.05, 0) is 63.8 Å². The third kappa shape index (κ3) is 6.27. The summed E-state index contributed by atoms with van der Waals surface area (Å²) in [5.74, 6) is -0.682. The number of rotatable bonds is 9. The van der Waals surface area contributed by atoms with Gasteiger partial charge in [-0.1, -0.05) is 35.9 Å². The van der Waals surface area contributed by atoms with Crippen molar-refractivity contribution < 1.29 is 13.6 Å². The lowest BCUT2D eigenvalue weighted by atomic mass is 10.2. The highest BCUT2D eigenvalue weighted by Crippen LogP contribution is 2.62. The van der Waals surface area contributed by atoms with Gasteiger partial charge in [0.05, 0.1) is 22.9 Å². The van der Waals surface area contributed by atoms with Gasteiger partial charge in [0.25, 0.3) is 0 Å². The number of thioether (sulfide) groups is 1. The van der Waals surface area contributed by atoms with E-state index < -0.39 is 13.4 Å². The summed E-state index contributed by atoms with van der Waals surface area (Å²) in [4.78, 5) is 1.12. The molecule has 0 amide bonds. The summed E-state index contributed by atoms with van der Waals surface area (Å²) in [6, 6.07) is 15.2. The van der Waals surface area contributed by atoms with Crippen LogP contribution in [0.15, 0.2) is 53.4 Å². The molecule has 0 heterocycles. The number of hydrogen-bond donors (Lipinski definition) is 1. The molecule has 1 atom stereocenters. The summed E-state index contributed by atoms with van der Waals surface area (Å²) < 4.78 is 25.6. The van der Waals surface area contributed by atoms with Crippen molar-refractivity contribution in [2.75, 3.05) is 11.6 Å². The van der Waals surface area contributed by atoms with Gasteiger partial charge in [0.15, 0.2) is 5.78 Å². The molecule has 1 unspecified atom stereocenters. The Labute approximate surface area is 171 Å². The molecule has 2 aromatic carbocycles. The van der Waals surface area contributed by atoms with Crippen molar-refractivity contribution >= 4 is 36.6 Å². The lowest BCUT2D eigenvalue weighted by molar-refractivity contribution is 0.138. The zero-order chi connectivity index (χ0) is 20.0. The molecule has 0 fully saturated rings. The highest BCUT2D eigenvalue weighted by molar-refractivity contribution is 7.98. The molecule has 7 heteroatoms. The van der Waals surface area contributed by atoms with Crippen molar-refractivity contribution in [1.82, 2.24) is 0 Å². The molecule has 0 aliphatic rings. The van der Waals surface area contributed by atoms with Gasteiger partial charge < -0.3 is 14.4 Å². The minimum absolute atomic E-state index is 0.254. The average Bonchev–Trinajstić information content (AvgIpc) is 2.59. The molecule has 4 nitrogen and oxygen atoms in total. The summed E-state index contributed by atoms with van der Waals surface area (Å²) in [6.07, 6.45) is 1.51. The third-order valence-corrected chi connectivity index (χ3v) is 7.19. The fourth-order valence-electron chi connectivity index (χ4n) is 2.59. The Morgan fingerprint density at radius 2 is 1.52 bits per heavy atom. The van der Waals surface area contributed by atoms with Crippen LogP contribution in [0.3, 0.4) is 0 Å². The number of anilines is 1. The first-order chi connectivity index (χ1) is 12.7. The number of benzene rings is 2. The zero-order valence-electron chi connectivity index (χ0n) is 16.3. The molecule has 2 rings (SSSR count). The summed E-state index contributed by atoms with van der Waals surface area (Å²) >= 11 is 7.98. The second kappa shape index (κ2) is 9.99. The first-order valence-corrected chi connectivity index (χ1v) is 12.1. The number of hydrogen-bond acceptors (Lipinski definition) is 5. The van der Waals surface area contributed by atoms with Crippen LogP contribution in [0.25, 0.3) is 0 Å². The molecule has 0 saturated heterocycles. The molecule has 1 N–H and O–H groups in total. The second-order valence-corrected chi connectivity index (χ2v) is 9.95. The number of nitrogens with one attached hydrogen (secondary N) is 1. The summed E-state index contributed by atoms with van der Waals surface area (Å²) in [6.45, 7) is 7.39.